The summed E-state index contributed by atoms with van der Waals surface area (Å²) in [7, 11) is 2.00. The molecule has 0 aliphatic heterocycles. The van der Waals surface area contributed by atoms with Gasteiger partial charge in [-0.15, -0.1) is 0 Å². The number of para-hydroxylation sites is 2. The van der Waals surface area contributed by atoms with Gasteiger partial charge in [0.15, 0.2) is 0 Å². The number of aliphatic hydroxyl groups is 1. The fourth-order valence-corrected chi connectivity index (χ4v) is 2.20. The molecule has 0 saturated heterocycles. The van der Waals surface area contributed by atoms with Crippen LogP contribution in [0.1, 0.15) is 19.7 Å². The maximum atomic E-state index is 10.0. The molecule has 0 bridgehead atoms. The Hall–Kier alpha value is -1.39. The molecule has 2 N–H and O–H groups in total. The SMILES string of the molecule is CC(C)CNCC(O)Cc1nc2ccccc2n1C. The minimum Gasteiger partial charge on any atom is -0.391 e. The number of hydrogen-bond acceptors (Lipinski definition) is 3. The van der Waals surface area contributed by atoms with Crippen LogP contribution < -0.4 is 5.32 Å². The lowest BCUT2D eigenvalue weighted by molar-refractivity contribution is 0.167. The lowest BCUT2D eigenvalue weighted by atomic mass is 10.2. The van der Waals surface area contributed by atoms with Crippen LogP contribution in [0.5, 0.6) is 0 Å². The van der Waals surface area contributed by atoms with Gasteiger partial charge < -0.3 is 15.0 Å². The van der Waals surface area contributed by atoms with Crippen molar-refractivity contribution in [1.29, 1.82) is 0 Å². The van der Waals surface area contributed by atoms with Crippen molar-refractivity contribution in [2.75, 3.05) is 13.1 Å². The van der Waals surface area contributed by atoms with Crippen LogP contribution >= 0.6 is 0 Å². The average molecular weight is 261 g/mol. The third-order valence-corrected chi connectivity index (χ3v) is 3.23. The van der Waals surface area contributed by atoms with E-state index in [1.54, 1.807) is 0 Å². The predicted octanol–water partition coefficient (Wildman–Crippen LogP) is 1.72. The van der Waals surface area contributed by atoms with Gasteiger partial charge in [0.1, 0.15) is 5.82 Å². The van der Waals surface area contributed by atoms with E-state index in [0.717, 1.165) is 23.4 Å². The number of fused-ring (bicyclic) bond motifs is 1. The molecule has 4 nitrogen and oxygen atoms in total. The van der Waals surface area contributed by atoms with Crippen molar-refractivity contribution in [3.63, 3.8) is 0 Å². The minimum atomic E-state index is -0.394. The van der Waals surface area contributed by atoms with Crippen LogP contribution in [0.2, 0.25) is 0 Å². The number of benzene rings is 1. The molecule has 104 valence electrons. The topological polar surface area (TPSA) is 50.1 Å². The Labute approximate surface area is 114 Å². The molecule has 0 radical (unpaired) electrons. The van der Waals surface area contributed by atoms with Gasteiger partial charge in [-0.2, -0.15) is 0 Å². The highest BCUT2D eigenvalue weighted by atomic mass is 16.3. The van der Waals surface area contributed by atoms with Crippen LogP contribution in [0.3, 0.4) is 0 Å². The van der Waals surface area contributed by atoms with E-state index in [0.29, 0.717) is 18.9 Å². The van der Waals surface area contributed by atoms with Crippen molar-refractivity contribution >= 4 is 11.0 Å². The smallest absolute Gasteiger partial charge is 0.112 e. The summed E-state index contributed by atoms with van der Waals surface area (Å²) in [6.45, 7) is 5.86. The molecule has 0 aliphatic carbocycles. The number of aromatic nitrogens is 2. The van der Waals surface area contributed by atoms with Crippen LogP contribution in [-0.2, 0) is 13.5 Å². The Kier molecular flexibility index (Phi) is 4.56. The number of nitrogens with one attached hydrogen (secondary N) is 1. The van der Waals surface area contributed by atoms with Gasteiger partial charge in [-0.3, -0.25) is 0 Å². The summed E-state index contributed by atoms with van der Waals surface area (Å²) in [5, 5.41) is 13.3. The van der Waals surface area contributed by atoms with E-state index < -0.39 is 6.10 Å². The van der Waals surface area contributed by atoms with Gasteiger partial charge >= 0.3 is 0 Å². The molecule has 0 aliphatic rings. The Bertz CT molecular complexity index is 533. The molecule has 0 fully saturated rings. The number of hydrogen-bond donors (Lipinski definition) is 2. The molecule has 2 rings (SSSR count). The highest BCUT2D eigenvalue weighted by molar-refractivity contribution is 5.75. The van der Waals surface area contributed by atoms with E-state index in [-0.39, 0.29) is 0 Å². The summed E-state index contributed by atoms with van der Waals surface area (Å²) < 4.78 is 2.06. The molecular weight excluding hydrogens is 238 g/mol. The largest absolute Gasteiger partial charge is 0.391 e. The van der Waals surface area contributed by atoms with Gasteiger partial charge in [0.05, 0.1) is 17.1 Å². The maximum absolute atomic E-state index is 10.0. The number of rotatable bonds is 6. The van der Waals surface area contributed by atoms with Gasteiger partial charge in [0.2, 0.25) is 0 Å². The highest BCUT2D eigenvalue weighted by Gasteiger charge is 2.12. The van der Waals surface area contributed by atoms with Crippen molar-refractivity contribution in [3.05, 3.63) is 30.1 Å². The van der Waals surface area contributed by atoms with Gasteiger partial charge in [-0.1, -0.05) is 26.0 Å². The fourth-order valence-electron chi connectivity index (χ4n) is 2.20. The first kappa shape index (κ1) is 14.0. The molecule has 0 spiro atoms. The van der Waals surface area contributed by atoms with E-state index >= 15 is 0 Å². The van der Waals surface area contributed by atoms with Crippen molar-refractivity contribution in [2.24, 2.45) is 13.0 Å². The molecule has 1 aromatic heterocycles. The molecule has 4 heteroatoms. The second-order valence-electron chi connectivity index (χ2n) is 5.49. The molecule has 19 heavy (non-hydrogen) atoms. The minimum absolute atomic E-state index is 0.394. The Morgan fingerprint density at radius 2 is 2.00 bits per heavy atom. The lowest BCUT2D eigenvalue weighted by Crippen LogP contribution is -2.31. The summed E-state index contributed by atoms with van der Waals surface area (Å²) in [5.74, 6) is 1.53. The van der Waals surface area contributed by atoms with Gasteiger partial charge in [-0.05, 0) is 24.6 Å². The average Bonchev–Trinajstić information content (AvgIpc) is 2.66. The zero-order chi connectivity index (χ0) is 13.8. The second kappa shape index (κ2) is 6.17. The number of aryl methyl sites for hydroxylation is 1. The van der Waals surface area contributed by atoms with E-state index in [1.165, 1.54) is 0 Å². The molecule has 2 aromatic rings. The van der Waals surface area contributed by atoms with Crippen LogP contribution in [-0.4, -0.2) is 33.9 Å². The van der Waals surface area contributed by atoms with Crippen LogP contribution in [0.4, 0.5) is 0 Å². The third-order valence-electron chi connectivity index (χ3n) is 3.23. The summed E-state index contributed by atoms with van der Waals surface area (Å²) in [6.07, 6.45) is 0.185. The Morgan fingerprint density at radius 1 is 1.26 bits per heavy atom. The maximum Gasteiger partial charge on any atom is 0.112 e. The molecule has 1 aromatic carbocycles. The zero-order valence-electron chi connectivity index (χ0n) is 11.9. The van der Waals surface area contributed by atoms with Crippen LogP contribution in [0.15, 0.2) is 24.3 Å². The van der Waals surface area contributed by atoms with Crippen molar-refractivity contribution < 1.29 is 5.11 Å². The number of imidazole rings is 1. The van der Waals surface area contributed by atoms with Crippen molar-refractivity contribution in [1.82, 2.24) is 14.9 Å². The van der Waals surface area contributed by atoms with Gasteiger partial charge in [0, 0.05) is 20.0 Å². The molecule has 1 unspecified atom stereocenters. The van der Waals surface area contributed by atoms with Crippen LogP contribution in [0, 0.1) is 5.92 Å². The molecular formula is C15H23N3O. The third kappa shape index (κ3) is 3.55. The van der Waals surface area contributed by atoms with Crippen LogP contribution in [0.25, 0.3) is 11.0 Å². The summed E-state index contributed by atoms with van der Waals surface area (Å²) in [6, 6.07) is 8.05. The number of aliphatic hydroxyl groups excluding tert-OH is 1. The molecule has 1 atom stereocenters. The zero-order valence-corrected chi connectivity index (χ0v) is 11.9. The van der Waals surface area contributed by atoms with Gasteiger partial charge in [0.25, 0.3) is 0 Å². The quantitative estimate of drug-likeness (QED) is 0.832. The molecule has 0 amide bonds. The Morgan fingerprint density at radius 3 is 2.68 bits per heavy atom. The lowest BCUT2D eigenvalue weighted by Gasteiger charge is -2.13. The van der Waals surface area contributed by atoms with E-state index in [1.807, 2.05) is 25.2 Å². The normalized spacial score (nSPS) is 13.3. The Balaban J connectivity index is 1.99. The second-order valence-corrected chi connectivity index (χ2v) is 5.49. The molecule has 0 saturated carbocycles. The van der Waals surface area contributed by atoms with E-state index in [2.05, 4.69) is 34.8 Å². The summed E-state index contributed by atoms with van der Waals surface area (Å²) >= 11 is 0. The summed E-state index contributed by atoms with van der Waals surface area (Å²) in [5.41, 5.74) is 2.10. The van der Waals surface area contributed by atoms with Crippen molar-refractivity contribution in [2.45, 2.75) is 26.4 Å². The number of nitrogens with zero attached hydrogens (tertiary/aromatic N) is 2. The summed E-state index contributed by atoms with van der Waals surface area (Å²) in [4.78, 5) is 4.57. The fraction of sp³-hybridized carbons (Fsp3) is 0.533. The van der Waals surface area contributed by atoms with Gasteiger partial charge in [-0.25, -0.2) is 4.98 Å². The first-order chi connectivity index (χ1) is 9.08. The monoisotopic (exact) mass is 261 g/mol. The predicted molar refractivity (Wildman–Crippen MR) is 78.1 cm³/mol. The molecule has 1 heterocycles. The highest BCUT2D eigenvalue weighted by Crippen LogP contribution is 2.15. The van der Waals surface area contributed by atoms with E-state index in [4.69, 9.17) is 0 Å². The first-order valence-electron chi connectivity index (χ1n) is 6.87. The standard InChI is InChI=1S/C15H23N3O/c1-11(2)9-16-10-12(19)8-15-17-13-6-4-5-7-14(13)18(15)3/h4-7,11-12,16,19H,8-10H2,1-3H3. The first-order valence-corrected chi connectivity index (χ1v) is 6.87. The van der Waals surface area contributed by atoms with E-state index in [9.17, 15) is 5.11 Å². The van der Waals surface area contributed by atoms with Crippen molar-refractivity contribution in [3.8, 4) is 0 Å².